The number of fused-ring (bicyclic) bond motifs is 1. The lowest BCUT2D eigenvalue weighted by Gasteiger charge is -2.23. The van der Waals surface area contributed by atoms with Crippen LogP contribution in [0.15, 0.2) is 36.5 Å². The van der Waals surface area contributed by atoms with Gasteiger partial charge in [-0.25, -0.2) is 0 Å². The first-order chi connectivity index (χ1) is 9.60. The van der Waals surface area contributed by atoms with Crippen LogP contribution in [0.2, 0.25) is 0 Å². The molecule has 108 valence electrons. The molecule has 4 nitrogen and oxygen atoms in total. The highest BCUT2D eigenvalue weighted by Gasteiger charge is 2.33. The maximum absolute atomic E-state index is 12.8. The van der Waals surface area contributed by atoms with Crippen LogP contribution in [0.3, 0.4) is 0 Å². The normalized spacial score (nSPS) is 13.6. The minimum atomic E-state index is -3.13. The Morgan fingerprint density at radius 3 is 2.55 bits per heavy atom. The van der Waals surface area contributed by atoms with Crippen LogP contribution in [0.25, 0.3) is 10.9 Å². The van der Waals surface area contributed by atoms with Crippen LogP contribution < -0.4 is 0 Å². The molecule has 0 saturated carbocycles. The summed E-state index contributed by atoms with van der Waals surface area (Å²) >= 11 is 0. The number of hydrogen-bond acceptors (Lipinski definition) is 4. The van der Waals surface area contributed by atoms with E-state index < -0.39 is 7.60 Å². The van der Waals surface area contributed by atoms with E-state index in [1.54, 1.807) is 6.20 Å². The maximum atomic E-state index is 12.8. The minimum Gasteiger partial charge on any atom is -0.308 e. The summed E-state index contributed by atoms with van der Waals surface area (Å²) in [7, 11) is -3.13. The summed E-state index contributed by atoms with van der Waals surface area (Å²) in [6, 6.07) is 9.75. The van der Waals surface area contributed by atoms with Crippen LogP contribution in [0.5, 0.6) is 0 Å². The first kappa shape index (κ1) is 15.2. The SMILES string of the molecule is CCOP(=O)(OCC)C(C)c1ccc2ncccc2c1. The molecule has 0 bridgehead atoms. The quantitative estimate of drug-likeness (QED) is 0.732. The molecule has 0 spiro atoms. The summed E-state index contributed by atoms with van der Waals surface area (Å²) in [5.41, 5.74) is 1.56. The highest BCUT2D eigenvalue weighted by atomic mass is 31.2. The van der Waals surface area contributed by atoms with E-state index >= 15 is 0 Å². The first-order valence-electron chi connectivity index (χ1n) is 6.84. The predicted octanol–water partition coefficient (Wildman–Crippen LogP) is 4.56. The Kier molecular flexibility index (Phi) is 4.92. The van der Waals surface area contributed by atoms with E-state index in [1.807, 2.05) is 51.1 Å². The van der Waals surface area contributed by atoms with Gasteiger partial charge in [-0.2, -0.15) is 0 Å². The van der Waals surface area contributed by atoms with E-state index in [-0.39, 0.29) is 5.66 Å². The van der Waals surface area contributed by atoms with Crippen molar-refractivity contribution in [2.24, 2.45) is 0 Å². The van der Waals surface area contributed by atoms with Gasteiger partial charge >= 0.3 is 7.60 Å². The maximum Gasteiger partial charge on any atom is 0.337 e. The third-order valence-electron chi connectivity index (χ3n) is 3.20. The minimum absolute atomic E-state index is 0.299. The Labute approximate surface area is 119 Å². The highest BCUT2D eigenvalue weighted by Crippen LogP contribution is 2.60. The fraction of sp³-hybridized carbons (Fsp3) is 0.400. The highest BCUT2D eigenvalue weighted by molar-refractivity contribution is 7.54. The molecular weight excluding hydrogens is 273 g/mol. The number of hydrogen-bond donors (Lipinski definition) is 0. The number of aromatic nitrogens is 1. The molecule has 20 heavy (non-hydrogen) atoms. The number of benzene rings is 1. The lowest BCUT2D eigenvalue weighted by atomic mass is 10.1. The monoisotopic (exact) mass is 293 g/mol. The van der Waals surface area contributed by atoms with Crippen molar-refractivity contribution in [2.75, 3.05) is 13.2 Å². The van der Waals surface area contributed by atoms with Crippen LogP contribution in [-0.2, 0) is 13.6 Å². The molecule has 0 N–H and O–H groups in total. The Balaban J connectivity index is 2.38. The molecule has 1 aromatic carbocycles. The summed E-state index contributed by atoms with van der Waals surface area (Å²) in [6.45, 7) is 6.27. The van der Waals surface area contributed by atoms with Crippen LogP contribution >= 0.6 is 7.60 Å². The third kappa shape index (κ3) is 3.09. The Hall–Kier alpha value is -1.22. The fourth-order valence-corrected chi connectivity index (χ4v) is 3.92. The summed E-state index contributed by atoms with van der Waals surface area (Å²) < 4.78 is 23.6. The molecule has 0 aliphatic carbocycles. The van der Waals surface area contributed by atoms with Crippen molar-refractivity contribution >= 4 is 18.5 Å². The summed E-state index contributed by atoms with van der Waals surface area (Å²) in [5.74, 6) is 0. The lowest BCUT2D eigenvalue weighted by molar-refractivity contribution is 0.213. The zero-order chi connectivity index (χ0) is 14.6. The number of pyridine rings is 1. The van der Waals surface area contributed by atoms with E-state index in [0.29, 0.717) is 13.2 Å². The average molecular weight is 293 g/mol. The van der Waals surface area contributed by atoms with Crippen molar-refractivity contribution in [2.45, 2.75) is 26.4 Å². The van der Waals surface area contributed by atoms with Crippen molar-refractivity contribution < 1.29 is 13.6 Å². The molecule has 0 saturated heterocycles. The van der Waals surface area contributed by atoms with Gasteiger partial charge < -0.3 is 9.05 Å². The molecule has 2 aromatic rings. The van der Waals surface area contributed by atoms with Crippen molar-refractivity contribution in [3.63, 3.8) is 0 Å². The van der Waals surface area contributed by atoms with Crippen molar-refractivity contribution in [3.05, 3.63) is 42.1 Å². The largest absolute Gasteiger partial charge is 0.337 e. The van der Waals surface area contributed by atoms with Gasteiger partial charge in [-0.15, -0.1) is 0 Å². The first-order valence-corrected chi connectivity index (χ1v) is 8.45. The van der Waals surface area contributed by atoms with Crippen molar-refractivity contribution in [1.82, 2.24) is 4.98 Å². The lowest BCUT2D eigenvalue weighted by Crippen LogP contribution is -2.04. The molecule has 1 atom stereocenters. The van der Waals surface area contributed by atoms with E-state index in [1.165, 1.54) is 0 Å². The summed E-state index contributed by atoms with van der Waals surface area (Å²) in [6.07, 6.45) is 1.76. The van der Waals surface area contributed by atoms with E-state index in [0.717, 1.165) is 16.5 Å². The molecule has 0 radical (unpaired) electrons. The molecule has 2 rings (SSSR count). The van der Waals surface area contributed by atoms with Gasteiger partial charge in [0.25, 0.3) is 0 Å². The topological polar surface area (TPSA) is 48.4 Å². The fourth-order valence-electron chi connectivity index (χ4n) is 2.16. The van der Waals surface area contributed by atoms with Crippen LogP contribution in [-0.4, -0.2) is 18.2 Å². The van der Waals surface area contributed by atoms with Crippen LogP contribution in [0.1, 0.15) is 32.0 Å². The second-order valence-electron chi connectivity index (χ2n) is 4.51. The number of rotatable bonds is 6. The van der Waals surface area contributed by atoms with Gasteiger partial charge in [-0.3, -0.25) is 9.55 Å². The molecule has 5 heteroatoms. The predicted molar refractivity (Wildman–Crippen MR) is 81.0 cm³/mol. The third-order valence-corrected chi connectivity index (χ3v) is 5.68. The van der Waals surface area contributed by atoms with Crippen molar-refractivity contribution in [1.29, 1.82) is 0 Å². The summed E-state index contributed by atoms with van der Waals surface area (Å²) in [4.78, 5) is 4.28. The second kappa shape index (κ2) is 6.49. The van der Waals surface area contributed by atoms with Crippen LogP contribution in [0, 0.1) is 0 Å². The molecule has 1 heterocycles. The molecule has 0 amide bonds. The molecule has 0 aliphatic heterocycles. The molecule has 0 fully saturated rings. The van der Waals surface area contributed by atoms with Gasteiger partial charge in [0.1, 0.15) is 0 Å². The van der Waals surface area contributed by atoms with E-state index in [2.05, 4.69) is 4.98 Å². The smallest absolute Gasteiger partial charge is 0.308 e. The van der Waals surface area contributed by atoms with Gasteiger partial charge in [0.2, 0.25) is 0 Å². The average Bonchev–Trinajstić information content (AvgIpc) is 2.46. The number of nitrogens with zero attached hydrogens (tertiary/aromatic N) is 1. The van der Waals surface area contributed by atoms with E-state index in [4.69, 9.17) is 9.05 Å². The zero-order valence-corrected chi connectivity index (χ0v) is 13.0. The molecule has 0 aliphatic rings. The Morgan fingerprint density at radius 2 is 1.90 bits per heavy atom. The molecule has 1 aromatic heterocycles. The molecular formula is C15H20NO3P. The standard InChI is InChI=1S/C15H20NO3P/c1-4-18-20(17,19-5-2)12(3)13-8-9-15-14(11-13)7-6-10-16-15/h6-12H,4-5H2,1-3H3. The summed E-state index contributed by atoms with van der Waals surface area (Å²) in [5, 5.41) is 1.02. The van der Waals surface area contributed by atoms with Gasteiger partial charge in [0, 0.05) is 11.6 Å². The van der Waals surface area contributed by atoms with Crippen molar-refractivity contribution in [3.8, 4) is 0 Å². The van der Waals surface area contributed by atoms with E-state index in [9.17, 15) is 4.57 Å². The van der Waals surface area contributed by atoms with Gasteiger partial charge in [-0.05, 0) is 44.5 Å². The van der Waals surface area contributed by atoms with Crippen LogP contribution in [0.4, 0.5) is 0 Å². The van der Waals surface area contributed by atoms with Gasteiger partial charge in [0.05, 0.1) is 24.4 Å². The molecule has 1 unspecified atom stereocenters. The van der Waals surface area contributed by atoms with Gasteiger partial charge in [-0.1, -0.05) is 12.1 Å². The Bertz CT molecular complexity index is 619. The zero-order valence-electron chi connectivity index (χ0n) is 12.1. The Morgan fingerprint density at radius 1 is 1.20 bits per heavy atom. The van der Waals surface area contributed by atoms with Gasteiger partial charge in [0.15, 0.2) is 0 Å². The second-order valence-corrected chi connectivity index (χ2v) is 6.88.